The minimum absolute atomic E-state index is 0.193. The predicted molar refractivity (Wildman–Crippen MR) is 94.7 cm³/mol. The first-order valence-electron chi connectivity index (χ1n) is 8.88. The topological polar surface area (TPSA) is 55.4 Å². The molecule has 132 valence electrons. The molecule has 0 spiro atoms. The zero-order valence-corrected chi connectivity index (χ0v) is 15.2. The van der Waals surface area contributed by atoms with Crippen LogP contribution in [0.2, 0.25) is 0 Å². The van der Waals surface area contributed by atoms with Crippen LogP contribution in [0.15, 0.2) is 18.2 Å². The molecule has 1 N–H and O–H groups in total. The van der Waals surface area contributed by atoms with Crippen LogP contribution in [0.4, 0.5) is 0 Å². The van der Waals surface area contributed by atoms with Crippen LogP contribution in [-0.4, -0.2) is 24.5 Å². The molecule has 0 bridgehead atoms. The fourth-order valence-corrected chi connectivity index (χ4v) is 3.31. The molecule has 0 unspecified atom stereocenters. The van der Waals surface area contributed by atoms with E-state index in [2.05, 4.69) is 19.2 Å². The van der Waals surface area contributed by atoms with E-state index in [9.17, 15) is 9.59 Å². The summed E-state index contributed by atoms with van der Waals surface area (Å²) in [6, 6.07) is 6.10. The molecule has 1 fully saturated rings. The van der Waals surface area contributed by atoms with E-state index < -0.39 is 0 Å². The summed E-state index contributed by atoms with van der Waals surface area (Å²) in [5.74, 6) is 0.526. The van der Waals surface area contributed by atoms with Crippen molar-refractivity contribution in [3.63, 3.8) is 0 Å². The highest BCUT2D eigenvalue weighted by molar-refractivity contribution is 5.81. The number of carbonyl (C=O) groups excluding carboxylic acids is 2. The van der Waals surface area contributed by atoms with Gasteiger partial charge in [0.25, 0.3) is 5.91 Å². The molecule has 1 aromatic carbocycles. The Kier molecular flexibility index (Phi) is 6.41. The molecule has 2 rings (SSSR count). The van der Waals surface area contributed by atoms with Gasteiger partial charge in [-0.3, -0.25) is 9.59 Å². The molecule has 3 atom stereocenters. The molecule has 4 heteroatoms. The number of rotatable bonds is 5. The standard InChI is InChI=1S/C20H29NO3/c1-13-8-9-17(10-15(13)3)11-20(23)24-12-19(22)21-18-7-5-6-14(2)16(18)4/h8-10,14,16,18H,5-7,11-12H2,1-4H3,(H,21,22)/t14-,16-,18+/m1/s1. The van der Waals surface area contributed by atoms with Crippen LogP contribution >= 0.6 is 0 Å². The number of ether oxygens (including phenoxy) is 1. The monoisotopic (exact) mass is 331 g/mol. The van der Waals surface area contributed by atoms with Crippen molar-refractivity contribution in [3.05, 3.63) is 34.9 Å². The van der Waals surface area contributed by atoms with Crippen LogP contribution in [-0.2, 0) is 20.7 Å². The number of amides is 1. The van der Waals surface area contributed by atoms with Crippen LogP contribution in [0, 0.1) is 25.7 Å². The first kappa shape index (κ1) is 18.5. The summed E-state index contributed by atoms with van der Waals surface area (Å²) in [6.07, 6.45) is 3.57. The second-order valence-corrected chi connectivity index (χ2v) is 7.20. The third-order valence-electron chi connectivity index (χ3n) is 5.34. The van der Waals surface area contributed by atoms with Gasteiger partial charge in [0.15, 0.2) is 6.61 Å². The van der Waals surface area contributed by atoms with Gasteiger partial charge in [-0.2, -0.15) is 0 Å². The van der Waals surface area contributed by atoms with Crippen LogP contribution < -0.4 is 5.32 Å². The number of benzene rings is 1. The summed E-state index contributed by atoms with van der Waals surface area (Å²) in [7, 11) is 0. The molecular formula is C20H29NO3. The van der Waals surface area contributed by atoms with E-state index in [0.717, 1.165) is 24.0 Å². The van der Waals surface area contributed by atoms with Crippen molar-refractivity contribution in [1.82, 2.24) is 5.32 Å². The van der Waals surface area contributed by atoms with E-state index in [0.29, 0.717) is 11.8 Å². The Labute approximate surface area is 145 Å². The molecule has 0 radical (unpaired) electrons. The maximum atomic E-state index is 12.0. The first-order valence-corrected chi connectivity index (χ1v) is 8.88. The summed E-state index contributed by atoms with van der Waals surface area (Å²) in [4.78, 5) is 24.0. The molecule has 24 heavy (non-hydrogen) atoms. The van der Waals surface area contributed by atoms with E-state index in [1.165, 1.54) is 12.0 Å². The minimum atomic E-state index is -0.363. The molecular weight excluding hydrogens is 302 g/mol. The van der Waals surface area contributed by atoms with Crippen molar-refractivity contribution in [2.24, 2.45) is 11.8 Å². The van der Waals surface area contributed by atoms with Gasteiger partial charge in [0.2, 0.25) is 0 Å². The van der Waals surface area contributed by atoms with E-state index >= 15 is 0 Å². The Morgan fingerprint density at radius 3 is 2.62 bits per heavy atom. The molecule has 1 saturated carbocycles. The summed E-state index contributed by atoms with van der Waals surface area (Å²) < 4.78 is 5.13. The quantitative estimate of drug-likeness (QED) is 0.842. The lowest BCUT2D eigenvalue weighted by Gasteiger charge is -2.34. The van der Waals surface area contributed by atoms with E-state index in [-0.39, 0.29) is 30.9 Å². The third-order valence-corrected chi connectivity index (χ3v) is 5.34. The summed E-state index contributed by atoms with van der Waals surface area (Å²) in [5, 5.41) is 3.02. The van der Waals surface area contributed by atoms with Gasteiger partial charge in [-0.05, 0) is 48.8 Å². The van der Waals surface area contributed by atoms with Crippen LogP contribution in [0.25, 0.3) is 0 Å². The third kappa shape index (κ3) is 5.08. The lowest BCUT2D eigenvalue weighted by atomic mass is 9.78. The highest BCUT2D eigenvalue weighted by Gasteiger charge is 2.28. The van der Waals surface area contributed by atoms with Crippen molar-refractivity contribution in [3.8, 4) is 0 Å². The lowest BCUT2D eigenvalue weighted by Crippen LogP contribution is -2.45. The van der Waals surface area contributed by atoms with Gasteiger partial charge in [0.05, 0.1) is 6.42 Å². The smallest absolute Gasteiger partial charge is 0.310 e. The molecule has 0 aromatic heterocycles. The second kappa shape index (κ2) is 8.32. The number of hydrogen-bond acceptors (Lipinski definition) is 3. The summed E-state index contributed by atoms with van der Waals surface area (Å²) >= 11 is 0. The molecule has 0 heterocycles. The average Bonchev–Trinajstić information content (AvgIpc) is 2.53. The largest absolute Gasteiger partial charge is 0.455 e. The van der Waals surface area contributed by atoms with Crippen molar-refractivity contribution < 1.29 is 14.3 Å². The molecule has 0 saturated heterocycles. The van der Waals surface area contributed by atoms with Crippen LogP contribution in [0.3, 0.4) is 0 Å². The Balaban J connectivity index is 1.76. The van der Waals surface area contributed by atoms with E-state index in [1.54, 1.807) is 0 Å². The Hall–Kier alpha value is -1.84. The maximum absolute atomic E-state index is 12.0. The predicted octanol–water partition coefficient (Wildman–Crippen LogP) is 3.33. The summed E-state index contributed by atoms with van der Waals surface area (Å²) in [6.45, 7) is 8.27. The van der Waals surface area contributed by atoms with Gasteiger partial charge in [-0.15, -0.1) is 0 Å². The van der Waals surface area contributed by atoms with Crippen molar-refractivity contribution in [1.29, 1.82) is 0 Å². The second-order valence-electron chi connectivity index (χ2n) is 7.20. The van der Waals surface area contributed by atoms with Gasteiger partial charge in [-0.25, -0.2) is 0 Å². The van der Waals surface area contributed by atoms with Gasteiger partial charge in [0, 0.05) is 6.04 Å². The fraction of sp³-hybridized carbons (Fsp3) is 0.600. The lowest BCUT2D eigenvalue weighted by molar-refractivity contribution is -0.148. The molecule has 1 aliphatic carbocycles. The number of carbonyl (C=O) groups is 2. The minimum Gasteiger partial charge on any atom is -0.455 e. The fourth-order valence-electron chi connectivity index (χ4n) is 3.31. The Morgan fingerprint density at radius 2 is 1.92 bits per heavy atom. The highest BCUT2D eigenvalue weighted by atomic mass is 16.5. The van der Waals surface area contributed by atoms with Gasteiger partial charge < -0.3 is 10.1 Å². The summed E-state index contributed by atoms with van der Waals surface area (Å²) in [5.41, 5.74) is 3.26. The molecule has 1 aromatic rings. The molecule has 4 nitrogen and oxygen atoms in total. The van der Waals surface area contributed by atoms with E-state index in [4.69, 9.17) is 4.74 Å². The van der Waals surface area contributed by atoms with Crippen molar-refractivity contribution >= 4 is 11.9 Å². The normalized spacial score (nSPS) is 23.6. The van der Waals surface area contributed by atoms with Crippen molar-refractivity contribution in [2.75, 3.05) is 6.61 Å². The zero-order valence-electron chi connectivity index (χ0n) is 15.2. The number of aryl methyl sites for hydroxylation is 2. The number of nitrogens with one attached hydrogen (secondary N) is 1. The SMILES string of the molecule is Cc1ccc(CC(=O)OCC(=O)N[C@H]2CCC[C@@H](C)[C@H]2C)cc1C. The molecule has 0 aliphatic heterocycles. The highest BCUT2D eigenvalue weighted by Crippen LogP contribution is 2.29. The zero-order chi connectivity index (χ0) is 17.7. The Morgan fingerprint density at radius 1 is 1.17 bits per heavy atom. The van der Waals surface area contributed by atoms with Crippen molar-refractivity contribution in [2.45, 2.75) is 59.4 Å². The maximum Gasteiger partial charge on any atom is 0.310 e. The molecule has 1 amide bonds. The molecule has 1 aliphatic rings. The van der Waals surface area contributed by atoms with Crippen LogP contribution in [0.1, 0.15) is 49.8 Å². The number of esters is 1. The van der Waals surface area contributed by atoms with Gasteiger partial charge >= 0.3 is 5.97 Å². The van der Waals surface area contributed by atoms with Crippen LogP contribution in [0.5, 0.6) is 0 Å². The van der Waals surface area contributed by atoms with Gasteiger partial charge in [-0.1, -0.05) is 44.9 Å². The van der Waals surface area contributed by atoms with Gasteiger partial charge in [0.1, 0.15) is 0 Å². The average molecular weight is 331 g/mol. The Bertz CT molecular complexity index is 597. The van der Waals surface area contributed by atoms with E-state index in [1.807, 2.05) is 32.0 Å². The first-order chi connectivity index (χ1) is 11.4. The number of hydrogen-bond donors (Lipinski definition) is 1.